The molecule has 0 aliphatic carbocycles. The van der Waals surface area contributed by atoms with Crippen LogP contribution in [0.1, 0.15) is 0 Å². The molecule has 0 unspecified atom stereocenters. The van der Waals surface area contributed by atoms with Crippen LogP contribution < -0.4 is 10.9 Å². The second-order valence-electron chi connectivity index (χ2n) is 3.90. The summed E-state index contributed by atoms with van der Waals surface area (Å²) >= 11 is 0. The van der Waals surface area contributed by atoms with Crippen molar-refractivity contribution in [3.8, 4) is 11.5 Å². The first-order chi connectivity index (χ1) is 9.41. The Bertz CT molecular complexity index is 547. The highest BCUT2D eigenvalue weighted by molar-refractivity contribution is 6.59. The Hall–Kier alpha value is -1.99. The number of benzene rings is 2. The summed E-state index contributed by atoms with van der Waals surface area (Å²) in [5.41, 5.74) is 0.419. The van der Waals surface area contributed by atoms with Gasteiger partial charge in [0.1, 0.15) is 11.5 Å². The van der Waals surface area contributed by atoms with E-state index in [1.165, 1.54) is 30.3 Å². The maximum atomic E-state index is 8.96. The maximum absolute atomic E-state index is 8.96. The second-order valence-corrected chi connectivity index (χ2v) is 3.90. The van der Waals surface area contributed by atoms with Gasteiger partial charge in [0.05, 0.1) is 0 Å². The summed E-state index contributed by atoms with van der Waals surface area (Å²) in [5.74, 6) is -0.0666. The van der Waals surface area contributed by atoms with E-state index in [1.807, 2.05) is 0 Å². The van der Waals surface area contributed by atoms with Crippen LogP contribution in [-0.4, -0.2) is 44.5 Å². The lowest BCUT2D eigenvalue weighted by molar-refractivity contribution is 0.419. The first-order valence-electron chi connectivity index (χ1n) is 5.71. The molecule has 0 saturated carbocycles. The fourth-order valence-electron chi connectivity index (χ4n) is 1.39. The Morgan fingerprint density at radius 2 is 1.35 bits per heavy atom. The zero-order chi connectivity index (χ0) is 15.1. The Balaban J connectivity index is 0.000000200. The highest BCUT2D eigenvalue weighted by Crippen LogP contribution is 2.03. The van der Waals surface area contributed by atoms with Crippen molar-refractivity contribution in [2.75, 3.05) is 0 Å². The van der Waals surface area contributed by atoms with Crippen molar-refractivity contribution < 1.29 is 30.3 Å². The molecule has 0 spiro atoms. The molecule has 104 valence electrons. The molecule has 0 saturated heterocycles. The molecule has 0 radical (unpaired) electrons. The predicted octanol–water partition coefficient (Wildman–Crippen LogP) is -1.86. The number of para-hydroxylation sites is 1. The van der Waals surface area contributed by atoms with Crippen LogP contribution in [0.15, 0.2) is 48.5 Å². The molecule has 2 rings (SSSR count). The molecule has 0 aliphatic heterocycles. The number of hydrogen-bond acceptors (Lipinski definition) is 6. The average molecular weight is 276 g/mol. The number of rotatable bonds is 2. The molecule has 0 amide bonds. The summed E-state index contributed by atoms with van der Waals surface area (Å²) in [6.45, 7) is 0. The van der Waals surface area contributed by atoms with Gasteiger partial charge in [-0.2, -0.15) is 0 Å². The Morgan fingerprint density at radius 3 is 1.75 bits per heavy atom. The van der Waals surface area contributed by atoms with E-state index < -0.39 is 14.2 Å². The van der Waals surface area contributed by atoms with Crippen LogP contribution in [0.3, 0.4) is 0 Å². The van der Waals surface area contributed by atoms with Gasteiger partial charge in [0.15, 0.2) is 0 Å². The fraction of sp³-hybridized carbons (Fsp3) is 0. The van der Waals surface area contributed by atoms with E-state index in [9.17, 15) is 0 Å². The van der Waals surface area contributed by atoms with Crippen molar-refractivity contribution in [3.05, 3.63) is 48.5 Å². The molecule has 0 aliphatic rings. The third-order valence-corrected chi connectivity index (χ3v) is 2.38. The minimum Gasteiger partial charge on any atom is -0.508 e. The largest absolute Gasteiger partial charge is 0.508 e. The van der Waals surface area contributed by atoms with Crippen molar-refractivity contribution in [1.29, 1.82) is 0 Å². The Kier molecular flexibility index (Phi) is 6.08. The molecule has 0 atom stereocenters. The van der Waals surface area contributed by atoms with Crippen LogP contribution in [-0.2, 0) is 0 Å². The third kappa shape index (κ3) is 4.94. The number of hydrogen-bond donors (Lipinski definition) is 6. The molecule has 0 aromatic heterocycles. The van der Waals surface area contributed by atoms with E-state index in [2.05, 4.69) is 0 Å². The lowest BCUT2D eigenvalue weighted by Crippen LogP contribution is -2.29. The van der Waals surface area contributed by atoms with Crippen molar-refractivity contribution in [1.82, 2.24) is 0 Å². The molecule has 8 heteroatoms. The Labute approximate surface area is 116 Å². The second kappa shape index (κ2) is 7.56. The molecule has 0 bridgehead atoms. The van der Waals surface area contributed by atoms with Crippen LogP contribution in [0.2, 0.25) is 0 Å². The number of aromatic hydroxyl groups is 2. The van der Waals surface area contributed by atoms with Crippen molar-refractivity contribution in [2.24, 2.45) is 0 Å². The van der Waals surface area contributed by atoms with Gasteiger partial charge in [0.25, 0.3) is 0 Å². The molecule has 6 nitrogen and oxygen atoms in total. The van der Waals surface area contributed by atoms with Gasteiger partial charge in [-0.25, -0.2) is 0 Å². The SMILES string of the molecule is OB(O)c1cccc(O)c1.OB(O)c1ccccc1O. The molecular weight excluding hydrogens is 262 g/mol. The van der Waals surface area contributed by atoms with E-state index in [4.69, 9.17) is 30.3 Å². The van der Waals surface area contributed by atoms with Crippen molar-refractivity contribution in [3.63, 3.8) is 0 Å². The predicted molar refractivity (Wildman–Crippen MR) is 75.9 cm³/mol. The van der Waals surface area contributed by atoms with Gasteiger partial charge >= 0.3 is 14.2 Å². The molecule has 6 N–H and O–H groups in total. The van der Waals surface area contributed by atoms with Gasteiger partial charge in [-0.05, 0) is 23.7 Å². The lowest BCUT2D eigenvalue weighted by atomic mass is 9.80. The van der Waals surface area contributed by atoms with Crippen LogP contribution in [0.4, 0.5) is 0 Å². The molecule has 20 heavy (non-hydrogen) atoms. The van der Waals surface area contributed by atoms with Crippen molar-refractivity contribution >= 4 is 25.2 Å². The van der Waals surface area contributed by atoms with Gasteiger partial charge in [-0.3, -0.25) is 0 Å². The van der Waals surface area contributed by atoms with Gasteiger partial charge in [-0.15, -0.1) is 0 Å². The van der Waals surface area contributed by atoms with Crippen LogP contribution in [0.25, 0.3) is 0 Å². The van der Waals surface area contributed by atoms with E-state index in [0.717, 1.165) is 0 Å². The van der Waals surface area contributed by atoms with E-state index in [0.29, 0.717) is 5.46 Å². The average Bonchev–Trinajstić information content (AvgIpc) is 2.39. The summed E-state index contributed by atoms with van der Waals surface area (Å²) in [5, 5.41) is 52.2. The van der Waals surface area contributed by atoms with Crippen LogP contribution in [0, 0.1) is 0 Å². The highest BCUT2D eigenvalue weighted by atomic mass is 16.4. The first-order valence-corrected chi connectivity index (χ1v) is 5.71. The molecular formula is C12H14B2O6. The summed E-state index contributed by atoms with van der Waals surface area (Å²) in [6, 6.07) is 11.9. The van der Waals surface area contributed by atoms with E-state index >= 15 is 0 Å². The standard InChI is InChI=1S/2C6H7BO3/c8-6-3-1-2-5(4-6)7(9)10;8-6-4-2-1-3-5(6)7(9)10/h2*1-4,8-10H. The lowest BCUT2D eigenvalue weighted by Gasteiger charge is -1.99. The molecule has 0 heterocycles. The van der Waals surface area contributed by atoms with Gasteiger partial charge in [0.2, 0.25) is 0 Å². The highest BCUT2D eigenvalue weighted by Gasteiger charge is 2.13. The minimum absolute atomic E-state index is 0.0330. The normalized spacial score (nSPS) is 9.40. The van der Waals surface area contributed by atoms with E-state index in [1.54, 1.807) is 18.2 Å². The molecule has 2 aromatic rings. The van der Waals surface area contributed by atoms with Gasteiger partial charge in [0, 0.05) is 5.46 Å². The minimum atomic E-state index is -1.60. The monoisotopic (exact) mass is 276 g/mol. The van der Waals surface area contributed by atoms with Gasteiger partial charge < -0.3 is 30.3 Å². The molecule has 0 fully saturated rings. The third-order valence-electron chi connectivity index (χ3n) is 2.38. The first kappa shape index (κ1) is 16.1. The smallest absolute Gasteiger partial charge is 0.492 e. The topological polar surface area (TPSA) is 121 Å². The summed E-state index contributed by atoms with van der Waals surface area (Å²) in [7, 11) is -3.10. The fourth-order valence-corrected chi connectivity index (χ4v) is 1.39. The Morgan fingerprint density at radius 1 is 0.700 bits per heavy atom. The summed E-state index contributed by atoms with van der Waals surface area (Å²) < 4.78 is 0. The maximum Gasteiger partial charge on any atom is 0.492 e. The zero-order valence-electron chi connectivity index (χ0n) is 10.5. The van der Waals surface area contributed by atoms with Crippen LogP contribution in [0.5, 0.6) is 11.5 Å². The summed E-state index contributed by atoms with van der Waals surface area (Å²) in [4.78, 5) is 0. The molecule has 2 aromatic carbocycles. The van der Waals surface area contributed by atoms with Crippen molar-refractivity contribution in [2.45, 2.75) is 0 Å². The number of phenols is 2. The number of phenolic OH excluding ortho intramolecular Hbond substituents is 2. The quantitative estimate of drug-likeness (QED) is 0.358. The van der Waals surface area contributed by atoms with Crippen LogP contribution >= 0.6 is 0 Å². The zero-order valence-corrected chi connectivity index (χ0v) is 10.5. The van der Waals surface area contributed by atoms with E-state index in [-0.39, 0.29) is 17.0 Å². The summed E-state index contributed by atoms with van der Waals surface area (Å²) in [6.07, 6.45) is 0. The van der Waals surface area contributed by atoms with Gasteiger partial charge in [-0.1, -0.05) is 30.3 Å².